The molecular formula is C26H24N2O. The summed E-state index contributed by atoms with van der Waals surface area (Å²) in [6, 6.07) is 24.9. The number of hydrogen-bond donors (Lipinski definition) is 2. The fraction of sp³-hybridized carbons (Fsp3) is 0.192. The summed E-state index contributed by atoms with van der Waals surface area (Å²) in [6.07, 6.45) is 5.68. The number of anilines is 2. The van der Waals surface area contributed by atoms with Crippen LogP contribution in [0.5, 0.6) is 0 Å². The van der Waals surface area contributed by atoms with Crippen molar-refractivity contribution < 1.29 is 4.79 Å². The van der Waals surface area contributed by atoms with Crippen molar-refractivity contribution in [3.8, 4) is 0 Å². The first-order valence-corrected chi connectivity index (χ1v) is 10.2. The Bertz CT molecular complexity index is 1090. The minimum atomic E-state index is -0.0712. The van der Waals surface area contributed by atoms with Gasteiger partial charge in [0, 0.05) is 22.9 Å². The maximum atomic E-state index is 12.7. The van der Waals surface area contributed by atoms with Crippen molar-refractivity contribution in [3.63, 3.8) is 0 Å². The molecule has 3 aromatic carbocycles. The highest BCUT2D eigenvalue weighted by Gasteiger charge is 2.37. The zero-order valence-corrected chi connectivity index (χ0v) is 16.4. The standard InChI is InChI=1S/C26H24N2O/c1-17-7-5-10-19(15-17)26(29)27-20-13-14-24-23(16-20)21-11-6-12-22(21)25(28-24)18-8-3-2-4-9-18/h2-11,13-16,21-22,25,28H,12H2,1H3,(H,27,29). The van der Waals surface area contributed by atoms with E-state index in [0.717, 1.165) is 23.4 Å². The molecule has 0 aromatic heterocycles. The Balaban J connectivity index is 1.44. The van der Waals surface area contributed by atoms with Gasteiger partial charge in [-0.3, -0.25) is 4.79 Å². The maximum Gasteiger partial charge on any atom is 0.255 e. The number of rotatable bonds is 3. The maximum absolute atomic E-state index is 12.7. The van der Waals surface area contributed by atoms with E-state index in [9.17, 15) is 4.79 Å². The van der Waals surface area contributed by atoms with E-state index < -0.39 is 0 Å². The van der Waals surface area contributed by atoms with Crippen LogP contribution in [0.25, 0.3) is 0 Å². The zero-order valence-electron chi connectivity index (χ0n) is 16.4. The Morgan fingerprint density at radius 3 is 2.69 bits per heavy atom. The molecule has 29 heavy (non-hydrogen) atoms. The average molecular weight is 380 g/mol. The van der Waals surface area contributed by atoms with Gasteiger partial charge in [0.2, 0.25) is 0 Å². The SMILES string of the molecule is Cc1cccc(C(=O)Nc2ccc3c(c2)C2C=CCC2C(c2ccccc2)N3)c1. The van der Waals surface area contributed by atoms with Crippen molar-refractivity contribution in [2.45, 2.75) is 25.3 Å². The van der Waals surface area contributed by atoms with Crippen LogP contribution < -0.4 is 10.6 Å². The highest BCUT2D eigenvalue weighted by atomic mass is 16.1. The minimum absolute atomic E-state index is 0.0712. The van der Waals surface area contributed by atoms with Gasteiger partial charge in [-0.25, -0.2) is 0 Å². The lowest BCUT2D eigenvalue weighted by Gasteiger charge is -2.37. The molecule has 5 rings (SSSR count). The predicted molar refractivity (Wildman–Crippen MR) is 118 cm³/mol. The molecule has 1 aliphatic carbocycles. The van der Waals surface area contributed by atoms with E-state index in [1.165, 1.54) is 11.1 Å². The molecule has 3 nitrogen and oxygen atoms in total. The van der Waals surface area contributed by atoms with Gasteiger partial charge in [0.15, 0.2) is 0 Å². The van der Waals surface area contributed by atoms with E-state index >= 15 is 0 Å². The van der Waals surface area contributed by atoms with Gasteiger partial charge in [-0.1, -0.05) is 60.2 Å². The number of hydrogen-bond acceptors (Lipinski definition) is 2. The molecular weight excluding hydrogens is 356 g/mol. The normalized spacial score (nSPS) is 21.8. The summed E-state index contributed by atoms with van der Waals surface area (Å²) < 4.78 is 0. The van der Waals surface area contributed by atoms with Gasteiger partial charge in [-0.05, 0) is 60.7 Å². The molecule has 0 fully saturated rings. The second-order valence-electron chi connectivity index (χ2n) is 8.01. The molecule has 144 valence electrons. The van der Waals surface area contributed by atoms with E-state index in [-0.39, 0.29) is 5.91 Å². The van der Waals surface area contributed by atoms with Gasteiger partial charge < -0.3 is 10.6 Å². The second kappa shape index (κ2) is 7.25. The molecule has 0 saturated carbocycles. The first kappa shape index (κ1) is 17.7. The van der Waals surface area contributed by atoms with Gasteiger partial charge in [-0.2, -0.15) is 0 Å². The number of fused-ring (bicyclic) bond motifs is 3. The Kier molecular flexibility index (Phi) is 4.44. The molecule has 0 radical (unpaired) electrons. The minimum Gasteiger partial charge on any atom is -0.378 e. The van der Waals surface area contributed by atoms with Crippen LogP contribution in [-0.4, -0.2) is 5.91 Å². The third kappa shape index (κ3) is 3.33. The van der Waals surface area contributed by atoms with Gasteiger partial charge in [0.25, 0.3) is 5.91 Å². The van der Waals surface area contributed by atoms with Gasteiger partial charge in [0.05, 0.1) is 6.04 Å². The summed E-state index contributed by atoms with van der Waals surface area (Å²) in [5.74, 6) is 0.790. The Hall–Kier alpha value is -3.33. The zero-order chi connectivity index (χ0) is 19.8. The Morgan fingerprint density at radius 1 is 1.00 bits per heavy atom. The number of carbonyl (C=O) groups excluding carboxylic acids is 1. The number of amides is 1. The Morgan fingerprint density at radius 2 is 1.86 bits per heavy atom. The number of allylic oxidation sites excluding steroid dienone is 2. The fourth-order valence-corrected chi connectivity index (χ4v) is 4.65. The van der Waals surface area contributed by atoms with E-state index in [2.05, 4.69) is 65.3 Å². The molecule has 0 saturated heterocycles. The van der Waals surface area contributed by atoms with Crippen LogP contribution in [0.3, 0.4) is 0 Å². The molecule has 1 amide bonds. The van der Waals surface area contributed by atoms with Crippen molar-refractivity contribution in [2.75, 3.05) is 10.6 Å². The summed E-state index contributed by atoms with van der Waals surface area (Å²) in [5.41, 5.74) is 6.35. The van der Waals surface area contributed by atoms with E-state index in [4.69, 9.17) is 0 Å². The molecule has 3 unspecified atom stereocenters. The Labute approximate surface area is 171 Å². The quantitative estimate of drug-likeness (QED) is 0.541. The second-order valence-corrected chi connectivity index (χ2v) is 8.01. The van der Waals surface area contributed by atoms with Crippen molar-refractivity contribution in [1.82, 2.24) is 0 Å². The molecule has 2 aliphatic rings. The molecule has 3 heteroatoms. The number of nitrogens with one attached hydrogen (secondary N) is 2. The van der Waals surface area contributed by atoms with Crippen molar-refractivity contribution in [3.05, 3.63) is 107 Å². The first-order valence-electron chi connectivity index (χ1n) is 10.2. The highest BCUT2D eigenvalue weighted by Crippen LogP contribution is 2.50. The molecule has 3 aromatic rings. The summed E-state index contributed by atoms with van der Waals surface area (Å²) in [5, 5.41) is 6.82. The summed E-state index contributed by atoms with van der Waals surface area (Å²) >= 11 is 0. The van der Waals surface area contributed by atoms with Crippen LogP contribution in [0.2, 0.25) is 0 Å². The van der Waals surface area contributed by atoms with Crippen LogP contribution in [-0.2, 0) is 0 Å². The lowest BCUT2D eigenvalue weighted by atomic mass is 9.77. The third-order valence-electron chi connectivity index (χ3n) is 6.06. The van der Waals surface area contributed by atoms with E-state index in [0.29, 0.717) is 23.4 Å². The molecule has 2 N–H and O–H groups in total. The largest absolute Gasteiger partial charge is 0.378 e. The molecule has 3 atom stereocenters. The van der Waals surface area contributed by atoms with E-state index in [1.807, 2.05) is 37.3 Å². The molecule has 0 bridgehead atoms. The van der Waals surface area contributed by atoms with Crippen molar-refractivity contribution in [1.29, 1.82) is 0 Å². The fourth-order valence-electron chi connectivity index (χ4n) is 4.65. The van der Waals surface area contributed by atoms with Crippen LogP contribution >= 0.6 is 0 Å². The van der Waals surface area contributed by atoms with Gasteiger partial charge in [0.1, 0.15) is 0 Å². The smallest absolute Gasteiger partial charge is 0.255 e. The number of aryl methyl sites for hydroxylation is 1. The van der Waals surface area contributed by atoms with Gasteiger partial charge in [-0.15, -0.1) is 0 Å². The highest BCUT2D eigenvalue weighted by molar-refractivity contribution is 6.04. The average Bonchev–Trinajstić information content (AvgIpc) is 3.24. The summed E-state index contributed by atoms with van der Waals surface area (Å²) in [7, 11) is 0. The molecule has 1 aliphatic heterocycles. The van der Waals surface area contributed by atoms with E-state index in [1.54, 1.807) is 0 Å². The number of carbonyl (C=O) groups is 1. The lowest BCUT2D eigenvalue weighted by Crippen LogP contribution is -2.29. The third-order valence-corrected chi connectivity index (χ3v) is 6.06. The lowest BCUT2D eigenvalue weighted by molar-refractivity contribution is 0.102. The topological polar surface area (TPSA) is 41.1 Å². The van der Waals surface area contributed by atoms with Gasteiger partial charge >= 0.3 is 0 Å². The monoisotopic (exact) mass is 380 g/mol. The summed E-state index contributed by atoms with van der Waals surface area (Å²) in [4.78, 5) is 12.7. The van der Waals surface area contributed by atoms with Crippen LogP contribution in [0.15, 0.2) is 84.9 Å². The van der Waals surface area contributed by atoms with Crippen LogP contribution in [0.4, 0.5) is 11.4 Å². The molecule has 1 heterocycles. The number of benzene rings is 3. The summed E-state index contributed by atoms with van der Waals surface area (Å²) in [6.45, 7) is 2.00. The predicted octanol–water partition coefficient (Wildman–Crippen LogP) is 6.07. The van der Waals surface area contributed by atoms with Crippen LogP contribution in [0.1, 0.15) is 45.4 Å². The molecule has 0 spiro atoms. The van der Waals surface area contributed by atoms with Crippen molar-refractivity contribution in [2.24, 2.45) is 5.92 Å². The van der Waals surface area contributed by atoms with Crippen LogP contribution in [0, 0.1) is 12.8 Å². The first-order chi connectivity index (χ1) is 14.2. The van der Waals surface area contributed by atoms with Crippen molar-refractivity contribution >= 4 is 17.3 Å².